The highest BCUT2D eigenvalue weighted by Crippen LogP contribution is 2.37. The Morgan fingerprint density at radius 3 is 2.39 bits per heavy atom. The fourth-order valence-corrected chi connectivity index (χ4v) is 3.90. The predicted molar refractivity (Wildman–Crippen MR) is 96.1 cm³/mol. The predicted octanol–water partition coefficient (Wildman–Crippen LogP) is 4.26. The van der Waals surface area contributed by atoms with Crippen molar-refractivity contribution in [1.82, 2.24) is 5.01 Å². The van der Waals surface area contributed by atoms with Crippen molar-refractivity contribution >= 4 is 17.4 Å². The van der Waals surface area contributed by atoms with Crippen LogP contribution in [0.2, 0.25) is 0 Å². The number of rotatable bonds is 4. The Bertz CT molecular complexity index is 696. The highest BCUT2D eigenvalue weighted by molar-refractivity contribution is 7.99. The Morgan fingerprint density at radius 1 is 0.957 bits per heavy atom. The van der Waals surface area contributed by atoms with Crippen molar-refractivity contribution in [2.24, 2.45) is 5.29 Å². The van der Waals surface area contributed by atoms with Crippen LogP contribution in [0.25, 0.3) is 0 Å². The molecule has 0 bridgehead atoms. The molecule has 23 heavy (non-hydrogen) atoms. The lowest BCUT2D eigenvalue weighted by Crippen LogP contribution is -2.44. The summed E-state index contributed by atoms with van der Waals surface area (Å²) in [4.78, 5) is 15.5. The molecule has 0 unspecified atom stereocenters. The maximum absolute atomic E-state index is 10.6. The van der Waals surface area contributed by atoms with Gasteiger partial charge in [-0.15, -0.1) is 4.91 Å². The summed E-state index contributed by atoms with van der Waals surface area (Å²) in [6, 6.07) is 15.1. The largest absolute Gasteiger partial charge is 0.367 e. The molecule has 120 valence electrons. The van der Waals surface area contributed by atoms with Crippen LogP contribution in [0.3, 0.4) is 0 Å². The van der Waals surface area contributed by atoms with Gasteiger partial charge in [-0.1, -0.05) is 41.6 Å². The van der Waals surface area contributed by atoms with Gasteiger partial charge in [0, 0.05) is 22.9 Å². The van der Waals surface area contributed by atoms with E-state index in [2.05, 4.69) is 66.5 Å². The van der Waals surface area contributed by atoms with Crippen LogP contribution in [0.5, 0.6) is 0 Å². The van der Waals surface area contributed by atoms with Crippen molar-refractivity contribution in [2.45, 2.75) is 23.6 Å². The van der Waals surface area contributed by atoms with Gasteiger partial charge in [-0.05, 0) is 37.6 Å². The van der Waals surface area contributed by atoms with Gasteiger partial charge in [0.2, 0.25) is 0 Å². The van der Waals surface area contributed by atoms with E-state index in [0.717, 1.165) is 13.1 Å². The number of nitroso groups, excluding NO2 is 1. The summed E-state index contributed by atoms with van der Waals surface area (Å²) in [5.74, 6) is 0. The molecular formula is C18H21N3OS. The van der Waals surface area contributed by atoms with Crippen LogP contribution < -0.4 is 4.90 Å². The first-order valence-electron chi connectivity index (χ1n) is 7.84. The molecule has 4 nitrogen and oxygen atoms in total. The summed E-state index contributed by atoms with van der Waals surface area (Å²) in [5, 5.41) is 4.63. The lowest BCUT2D eigenvalue weighted by atomic mass is 10.2. The van der Waals surface area contributed by atoms with Crippen LogP contribution in [0.4, 0.5) is 5.69 Å². The molecule has 1 fully saturated rings. The third-order valence-corrected chi connectivity index (χ3v) is 5.37. The van der Waals surface area contributed by atoms with Crippen molar-refractivity contribution in [2.75, 3.05) is 31.1 Å². The topological polar surface area (TPSA) is 35.9 Å². The van der Waals surface area contributed by atoms with E-state index >= 15 is 0 Å². The van der Waals surface area contributed by atoms with Crippen LogP contribution in [0, 0.1) is 18.8 Å². The Hall–Kier alpha value is -2.01. The van der Waals surface area contributed by atoms with Gasteiger partial charge in [0.05, 0.1) is 24.1 Å². The minimum Gasteiger partial charge on any atom is -0.367 e. The van der Waals surface area contributed by atoms with Gasteiger partial charge in [-0.3, -0.25) is 5.01 Å². The maximum Gasteiger partial charge on any atom is 0.0568 e. The van der Waals surface area contributed by atoms with Crippen LogP contribution in [0.1, 0.15) is 11.1 Å². The Labute approximate surface area is 141 Å². The van der Waals surface area contributed by atoms with Crippen LogP contribution in [-0.4, -0.2) is 31.2 Å². The first-order chi connectivity index (χ1) is 11.2. The fraction of sp³-hybridized carbons (Fsp3) is 0.333. The van der Waals surface area contributed by atoms with Gasteiger partial charge < -0.3 is 4.90 Å². The molecule has 3 rings (SSSR count). The minimum absolute atomic E-state index is 0.687. The molecule has 1 saturated heterocycles. The van der Waals surface area contributed by atoms with Crippen LogP contribution >= 0.6 is 11.8 Å². The number of hydrogen-bond acceptors (Lipinski definition) is 4. The van der Waals surface area contributed by atoms with Crippen molar-refractivity contribution < 1.29 is 0 Å². The Morgan fingerprint density at radius 2 is 1.70 bits per heavy atom. The molecule has 0 amide bonds. The number of benzene rings is 2. The average Bonchev–Trinajstić information content (AvgIpc) is 2.58. The molecule has 2 aromatic rings. The molecule has 2 aromatic carbocycles. The molecule has 0 radical (unpaired) electrons. The zero-order valence-corrected chi connectivity index (χ0v) is 14.3. The summed E-state index contributed by atoms with van der Waals surface area (Å²) in [6.45, 7) is 7.31. The van der Waals surface area contributed by atoms with E-state index in [1.54, 1.807) is 5.01 Å². The molecule has 0 N–H and O–H groups in total. The summed E-state index contributed by atoms with van der Waals surface area (Å²) in [6.07, 6.45) is 0. The van der Waals surface area contributed by atoms with Crippen molar-refractivity contribution in [3.63, 3.8) is 0 Å². The Kier molecular flexibility index (Phi) is 4.86. The van der Waals surface area contributed by atoms with Gasteiger partial charge in [-0.25, -0.2) is 0 Å². The normalized spacial score (nSPS) is 14.9. The highest BCUT2D eigenvalue weighted by atomic mass is 32.2. The van der Waals surface area contributed by atoms with Crippen molar-refractivity contribution in [3.05, 3.63) is 58.5 Å². The average molecular weight is 327 g/mol. The molecular weight excluding hydrogens is 306 g/mol. The monoisotopic (exact) mass is 327 g/mol. The number of hydrogen-bond donors (Lipinski definition) is 0. The summed E-state index contributed by atoms with van der Waals surface area (Å²) >= 11 is 1.81. The number of aryl methyl sites for hydroxylation is 2. The summed E-state index contributed by atoms with van der Waals surface area (Å²) < 4.78 is 0. The fourth-order valence-electron chi connectivity index (χ4n) is 2.86. The van der Waals surface area contributed by atoms with Crippen molar-refractivity contribution in [1.29, 1.82) is 0 Å². The molecule has 0 spiro atoms. The van der Waals surface area contributed by atoms with Gasteiger partial charge in [0.1, 0.15) is 0 Å². The molecule has 1 heterocycles. The standard InChI is InChI=1S/C18H21N3OS/c1-14-7-8-17(15(2)13-14)23-18-6-4-3-5-16(18)20-9-11-21(19-22)12-10-20/h3-8,13H,9-12H2,1-2H3. The number of piperazine rings is 1. The second-order valence-electron chi connectivity index (χ2n) is 5.86. The zero-order valence-electron chi connectivity index (χ0n) is 13.5. The smallest absolute Gasteiger partial charge is 0.0568 e. The maximum atomic E-state index is 10.6. The highest BCUT2D eigenvalue weighted by Gasteiger charge is 2.19. The first-order valence-corrected chi connectivity index (χ1v) is 8.66. The van der Waals surface area contributed by atoms with Gasteiger partial charge >= 0.3 is 0 Å². The van der Waals surface area contributed by atoms with E-state index in [1.165, 1.54) is 26.6 Å². The summed E-state index contributed by atoms with van der Waals surface area (Å²) in [7, 11) is 0. The van der Waals surface area contributed by atoms with Gasteiger partial charge in [-0.2, -0.15) is 0 Å². The second-order valence-corrected chi connectivity index (χ2v) is 6.94. The third-order valence-electron chi connectivity index (χ3n) is 4.13. The number of anilines is 1. The molecule has 0 atom stereocenters. The molecule has 5 heteroatoms. The van der Waals surface area contributed by atoms with E-state index in [4.69, 9.17) is 0 Å². The van der Waals surface area contributed by atoms with E-state index in [1.807, 2.05) is 11.8 Å². The lowest BCUT2D eigenvalue weighted by Gasteiger charge is -2.34. The molecule has 0 saturated carbocycles. The zero-order chi connectivity index (χ0) is 16.2. The molecule has 1 aliphatic rings. The van der Waals surface area contributed by atoms with E-state index in [0.29, 0.717) is 13.1 Å². The van der Waals surface area contributed by atoms with E-state index in [-0.39, 0.29) is 0 Å². The first kappa shape index (κ1) is 15.9. The second kappa shape index (κ2) is 7.04. The summed E-state index contributed by atoms with van der Waals surface area (Å²) in [5.41, 5.74) is 3.83. The number of nitrogens with zero attached hydrogens (tertiary/aromatic N) is 3. The Balaban J connectivity index is 1.82. The van der Waals surface area contributed by atoms with Crippen molar-refractivity contribution in [3.8, 4) is 0 Å². The molecule has 1 aliphatic heterocycles. The lowest BCUT2D eigenvalue weighted by molar-refractivity contribution is 0.266. The molecule has 0 aromatic heterocycles. The van der Waals surface area contributed by atoms with E-state index in [9.17, 15) is 4.91 Å². The number of para-hydroxylation sites is 1. The molecule has 0 aliphatic carbocycles. The third kappa shape index (κ3) is 3.67. The van der Waals surface area contributed by atoms with Gasteiger partial charge in [0.15, 0.2) is 0 Å². The quantitative estimate of drug-likeness (QED) is 0.786. The van der Waals surface area contributed by atoms with Crippen LogP contribution in [0.15, 0.2) is 57.5 Å². The van der Waals surface area contributed by atoms with E-state index < -0.39 is 0 Å². The SMILES string of the molecule is Cc1ccc(Sc2ccccc2N2CCN(N=O)CC2)c(C)c1. The van der Waals surface area contributed by atoms with Crippen LogP contribution in [-0.2, 0) is 0 Å². The van der Waals surface area contributed by atoms with Gasteiger partial charge in [0.25, 0.3) is 0 Å². The minimum atomic E-state index is 0.687.